The molecule has 0 aliphatic carbocycles. The quantitative estimate of drug-likeness (QED) is 0.575. The van der Waals surface area contributed by atoms with Gasteiger partial charge in [0.2, 0.25) is 5.91 Å². The summed E-state index contributed by atoms with van der Waals surface area (Å²) in [5, 5.41) is 1.05. The Bertz CT molecular complexity index is 771. The third kappa shape index (κ3) is 6.86. The number of rotatable bonds is 6. The van der Waals surface area contributed by atoms with Gasteiger partial charge in [-0.25, -0.2) is 0 Å². The van der Waals surface area contributed by atoms with Crippen LogP contribution in [0.4, 0.5) is 0 Å². The molecule has 25 heavy (non-hydrogen) atoms. The second-order valence-corrected chi connectivity index (χ2v) is 6.93. The molecule has 8 heteroatoms. The third-order valence-electron chi connectivity index (χ3n) is 2.95. The van der Waals surface area contributed by atoms with Crippen LogP contribution in [-0.4, -0.2) is 24.2 Å². The van der Waals surface area contributed by atoms with Crippen LogP contribution in [-0.2, 0) is 9.59 Å². The molecule has 132 valence electrons. The largest absolute Gasteiger partial charge is 0.484 e. The highest BCUT2D eigenvalue weighted by Crippen LogP contribution is 2.29. The van der Waals surface area contributed by atoms with Crippen LogP contribution in [0.3, 0.4) is 0 Å². The zero-order valence-electron chi connectivity index (χ0n) is 13.3. The van der Waals surface area contributed by atoms with Crippen LogP contribution in [0.15, 0.2) is 47.4 Å². The van der Waals surface area contributed by atoms with Gasteiger partial charge in [0.1, 0.15) is 5.75 Å². The maximum absolute atomic E-state index is 11.8. The molecule has 0 atom stereocenters. The molecule has 2 rings (SSSR count). The highest BCUT2D eigenvalue weighted by Gasteiger charge is 2.08. The first kappa shape index (κ1) is 19.4. The number of hydrazine groups is 1. The van der Waals surface area contributed by atoms with E-state index in [0.717, 1.165) is 5.56 Å². The van der Waals surface area contributed by atoms with Crippen LogP contribution >= 0.6 is 35.0 Å². The average molecular weight is 399 g/mol. The first-order chi connectivity index (χ1) is 11.9. The SMILES string of the molecule is Cc1cccc(OCC(=O)NNC(=O)CSc2cc(Cl)ccc2Cl)c1. The molecule has 0 aliphatic rings. The molecular formula is C17H16Cl2N2O3S. The van der Waals surface area contributed by atoms with Crippen molar-refractivity contribution < 1.29 is 14.3 Å². The van der Waals surface area contributed by atoms with Gasteiger partial charge >= 0.3 is 0 Å². The molecule has 0 radical (unpaired) electrons. The molecule has 0 heterocycles. The van der Waals surface area contributed by atoms with Gasteiger partial charge in [0, 0.05) is 9.92 Å². The normalized spacial score (nSPS) is 10.2. The van der Waals surface area contributed by atoms with Crippen molar-refractivity contribution in [3.05, 3.63) is 58.1 Å². The monoisotopic (exact) mass is 398 g/mol. The molecule has 2 N–H and O–H groups in total. The summed E-state index contributed by atoms with van der Waals surface area (Å²) in [6.07, 6.45) is 0. The molecule has 0 fully saturated rings. The van der Waals surface area contributed by atoms with E-state index >= 15 is 0 Å². The van der Waals surface area contributed by atoms with Crippen LogP contribution in [0.2, 0.25) is 10.0 Å². The average Bonchev–Trinajstić information content (AvgIpc) is 2.59. The zero-order valence-corrected chi connectivity index (χ0v) is 15.7. The van der Waals surface area contributed by atoms with Gasteiger partial charge in [0.15, 0.2) is 6.61 Å². The minimum Gasteiger partial charge on any atom is -0.484 e. The first-order valence-electron chi connectivity index (χ1n) is 7.29. The van der Waals surface area contributed by atoms with E-state index in [2.05, 4.69) is 10.9 Å². The second-order valence-electron chi connectivity index (χ2n) is 5.06. The molecule has 2 aromatic carbocycles. The van der Waals surface area contributed by atoms with Crippen LogP contribution in [0, 0.1) is 6.92 Å². The molecule has 2 amide bonds. The van der Waals surface area contributed by atoms with E-state index in [1.165, 1.54) is 11.8 Å². The van der Waals surface area contributed by atoms with E-state index in [1.54, 1.807) is 24.3 Å². The minimum absolute atomic E-state index is 0.0824. The molecule has 0 bridgehead atoms. The highest BCUT2D eigenvalue weighted by atomic mass is 35.5. The summed E-state index contributed by atoms with van der Waals surface area (Å²) >= 11 is 13.1. The third-order valence-corrected chi connectivity index (χ3v) is 4.68. The van der Waals surface area contributed by atoms with Crippen LogP contribution in [0.5, 0.6) is 5.75 Å². The van der Waals surface area contributed by atoms with Gasteiger partial charge in [-0.1, -0.05) is 35.3 Å². The minimum atomic E-state index is -0.458. The Morgan fingerprint density at radius 2 is 1.84 bits per heavy atom. The summed E-state index contributed by atoms with van der Waals surface area (Å²) in [6, 6.07) is 12.3. The summed E-state index contributed by atoms with van der Waals surface area (Å²) in [7, 11) is 0. The number of carbonyl (C=O) groups excluding carboxylic acids is 2. The van der Waals surface area contributed by atoms with Crippen LogP contribution < -0.4 is 15.6 Å². The predicted molar refractivity (Wildman–Crippen MR) is 100 cm³/mol. The highest BCUT2D eigenvalue weighted by molar-refractivity contribution is 8.00. The van der Waals surface area contributed by atoms with Gasteiger partial charge in [-0.05, 0) is 42.8 Å². The van der Waals surface area contributed by atoms with E-state index < -0.39 is 5.91 Å². The van der Waals surface area contributed by atoms with Crippen molar-refractivity contribution in [2.24, 2.45) is 0 Å². The number of aryl methyl sites for hydroxylation is 1. The van der Waals surface area contributed by atoms with Gasteiger partial charge < -0.3 is 4.74 Å². The Balaban J connectivity index is 1.70. The number of amides is 2. The lowest BCUT2D eigenvalue weighted by Gasteiger charge is -2.09. The zero-order chi connectivity index (χ0) is 18.2. The summed E-state index contributed by atoms with van der Waals surface area (Å²) in [4.78, 5) is 24.1. The summed E-state index contributed by atoms with van der Waals surface area (Å²) < 4.78 is 5.34. The Kier molecular flexibility index (Phi) is 7.43. The van der Waals surface area contributed by atoms with Gasteiger partial charge in [-0.3, -0.25) is 20.4 Å². The predicted octanol–water partition coefficient (Wildman–Crippen LogP) is 3.62. The van der Waals surface area contributed by atoms with E-state index in [4.69, 9.17) is 27.9 Å². The van der Waals surface area contributed by atoms with Crippen molar-refractivity contribution in [3.63, 3.8) is 0 Å². The van der Waals surface area contributed by atoms with Crippen molar-refractivity contribution in [1.29, 1.82) is 0 Å². The number of nitrogens with one attached hydrogen (secondary N) is 2. The van der Waals surface area contributed by atoms with Crippen LogP contribution in [0.1, 0.15) is 5.56 Å². The molecule has 5 nitrogen and oxygen atoms in total. The molecule has 0 unspecified atom stereocenters. The Morgan fingerprint density at radius 3 is 2.60 bits per heavy atom. The van der Waals surface area contributed by atoms with E-state index in [0.29, 0.717) is 20.7 Å². The van der Waals surface area contributed by atoms with Gasteiger partial charge in [0.25, 0.3) is 5.91 Å². The standard InChI is InChI=1S/C17H16Cl2N2O3S/c1-11-3-2-4-13(7-11)24-9-16(22)20-21-17(23)10-25-15-8-12(18)5-6-14(15)19/h2-8H,9-10H2,1H3,(H,20,22)(H,21,23). The first-order valence-corrected chi connectivity index (χ1v) is 9.03. The lowest BCUT2D eigenvalue weighted by Crippen LogP contribution is -2.44. The number of ether oxygens (including phenoxy) is 1. The lowest BCUT2D eigenvalue weighted by molar-refractivity contribution is -0.128. The summed E-state index contributed by atoms with van der Waals surface area (Å²) in [5.74, 6) is -0.155. The molecule has 0 aromatic heterocycles. The number of halogens is 2. The molecule has 2 aromatic rings. The fraction of sp³-hybridized carbons (Fsp3) is 0.176. The number of carbonyl (C=O) groups is 2. The van der Waals surface area contributed by atoms with Crippen LogP contribution in [0.25, 0.3) is 0 Å². The van der Waals surface area contributed by atoms with E-state index in [9.17, 15) is 9.59 Å². The van der Waals surface area contributed by atoms with Gasteiger partial charge in [0.05, 0.1) is 10.8 Å². The molecule has 0 saturated carbocycles. The van der Waals surface area contributed by atoms with Crippen molar-refractivity contribution in [1.82, 2.24) is 10.9 Å². The molecule has 0 aliphatic heterocycles. The summed E-state index contributed by atoms with van der Waals surface area (Å²) in [5.41, 5.74) is 5.64. The van der Waals surface area contributed by atoms with Gasteiger partial charge in [-0.2, -0.15) is 0 Å². The fourth-order valence-electron chi connectivity index (χ4n) is 1.80. The van der Waals surface area contributed by atoms with E-state index in [1.807, 2.05) is 25.1 Å². The van der Waals surface area contributed by atoms with Crippen molar-refractivity contribution in [3.8, 4) is 5.75 Å². The Morgan fingerprint density at radius 1 is 1.08 bits per heavy atom. The lowest BCUT2D eigenvalue weighted by atomic mass is 10.2. The number of hydrogen-bond acceptors (Lipinski definition) is 4. The van der Waals surface area contributed by atoms with Gasteiger partial charge in [-0.15, -0.1) is 11.8 Å². The molecule has 0 spiro atoms. The smallest absolute Gasteiger partial charge is 0.276 e. The Labute approximate surface area is 160 Å². The maximum Gasteiger partial charge on any atom is 0.276 e. The molecule has 0 saturated heterocycles. The second kappa shape index (κ2) is 9.56. The number of hydrogen-bond donors (Lipinski definition) is 2. The Hall–Kier alpha value is -1.89. The van der Waals surface area contributed by atoms with Crippen molar-refractivity contribution in [2.45, 2.75) is 11.8 Å². The topological polar surface area (TPSA) is 67.4 Å². The number of benzene rings is 2. The fourth-order valence-corrected chi connectivity index (χ4v) is 3.09. The molecular weight excluding hydrogens is 383 g/mol. The maximum atomic E-state index is 11.8. The summed E-state index contributed by atoms with van der Waals surface area (Å²) in [6.45, 7) is 1.73. The van der Waals surface area contributed by atoms with Crippen molar-refractivity contribution in [2.75, 3.05) is 12.4 Å². The number of thioether (sulfide) groups is 1. The van der Waals surface area contributed by atoms with E-state index in [-0.39, 0.29) is 18.3 Å². The van der Waals surface area contributed by atoms with Crippen molar-refractivity contribution >= 4 is 46.8 Å².